The Labute approximate surface area is 279 Å². The zero-order valence-electron chi connectivity index (χ0n) is 26.2. The SMILES string of the molecule is CCOc1ccccc1-n1nncc1CN1C(=O)C2(C(C#N)=C(N)Oc3c2c2nc4ccccc4nc2c2ccccc32)c2ccccc21. The van der Waals surface area contributed by atoms with Crippen molar-refractivity contribution in [3.8, 4) is 23.3 Å². The highest BCUT2D eigenvalue weighted by atomic mass is 16.5. The Bertz CT molecular complexity index is 2600. The van der Waals surface area contributed by atoms with Gasteiger partial charge in [0.1, 0.15) is 34.2 Å². The minimum Gasteiger partial charge on any atom is -0.492 e. The smallest absolute Gasteiger partial charge is 0.248 e. The number of anilines is 1. The summed E-state index contributed by atoms with van der Waals surface area (Å²) in [5.41, 5.74) is 10.2. The maximum absolute atomic E-state index is 15.5. The van der Waals surface area contributed by atoms with Crippen LogP contribution >= 0.6 is 0 Å². The van der Waals surface area contributed by atoms with E-state index >= 15 is 4.79 Å². The van der Waals surface area contributed by atoms with Crippen LogP contribution in [0, 0.1) is 11.3 Å². The second-order valence-corrected chi connectivity index (χ2v) is 11.8. The zero-order valence-corrected chi connectivity index (χ0v) is 26.2. The molecular formula is C38H26N8O3. The van der Waals surface area contributed by atoms with E-state index in [4.69, 9.17) is 25.2 Å². The molecule has 1 amide bonds. The van der Waals surface area contributed by atoms with Crippen LogP contribution in [0.1, 0.15) is 23.7 Å². The van der Waals surface area contributed by atoms with E-state index < -0.39 is 5.41 Å². The maximum Gasteiger partial charge on any atom is 0.248 e. The van der Waals surface area contributed by atoms with E-state index in [2.05, 4.69) is 16.4 Å². The van der Waals surface area contributed by atoms with Crippen LogP contribution in [0.25, 0.3) is 38.5 Å². The molecule has 2 N–H and O–H groups in total. The van der Waals surface area contributed by atoms with Crippen molar-refractivity contribution >= 4 is 44.4 Å². The quantitative estimate of drug-likeness (QED) is 0.181. The Morgan fingerprint density at radius 2 is 1.55 bits per heavy atom. The lowest BCUT2D eigenvalue weighted by molar-refractivity contribution is -0.121. The molecule has 1 spiro atoms. The summed E-state index contributed by atoms with van der Waals surface area (Å²) >= 11 is 0. The third kappa shape index (κ3) is 3.85. The van der Waals surface area contributed by atoms with Gasteiger partial charge < -0.3 is 20.1 Å². The van der Waals surface area contributed by atoms with Crippen LogP contribution in [0.15, 0.2) is 115 Å². The second-order valence-electron chi connectivity index (χ2n) is 11.8. The van der Waals surface area contributed by atoms with Gasteiger partial charge in [0.15, 0.2) is 0 Å². The number of nitrogens with zero attached hydrogens (tertiary/aromatic N) is 7. The normalized spacial score (nSPS) is 16.7. The van der Waals surface area contributed by atoms with Crippen molar-refractivity contribution in [1.82, 2.24) is 25.0 Å². The molecule has 5 aromatic carbocycles. The van der Waals surface area contributed by atoms with E-state index in [0.29, 0.717) is 73.8 Å². The van der Waals surface area contributed by atoms with Crippen LogP contribution in [-0.4, -0.2) is 37.5 Å². The lowest BCUT2D eigenvalue weighted by Gasteiger charge is -2.35. The number of hydrogen-bond acceptors (Lipinski definition) is 9. The van der Waals surface area contributed by atoms with E-state index in [-0.39, 0.29) is 23.9 Å². The molecule has 1 unspecified atom stereocenters. The first kappa shape index (κ1) is 28.4. The van der Waals surface area contributed by atoms with Gasteiger partial charge in [0.2, 0.25) is 11.8 Å². The first-order valence-corrected chi connectivity index (χ1v) is 15.8. The first-order chi connectivity index (χ1) is 24.1. The molecule has 0 saturated carbocycles. The summed E-state index contributed by atoms with van der Waals surface area (Å²) in [6, 6.07) is 32.5. The summed E-state index contributed by atoms with van der Waals surface area (Å²) in [6.45, 7) is 2.46. The van der Waals surface area contributed by atoms with Gasteiger partial charge in [-0.2, -0.15) is 5.26 Å². The molecule has 49 heavy (non-hydrogen) atoms. The Hall–Kier alpha value is -6.80. The third-order valence-electron chi connectivity index (χ3n) is 9.28. The average molecular weight is 643 g/mol. The molecule has 0 aliphatic carbocycles. The number of ether oxygens (including phenoxy) is 2. The minimum atomic E-state index is -1.69. The standard InChI is InChI=1S/C38H26N8O3/c1-2-48-31-18-10-9-17-30(31)46-22(20-41-44-46)21-45-29-16-8-5-13-25(29)38(37(45)47)26(19-39)36(40)49-35-24-12-4-3-11-23(24)33-34(32(35)38)43-28-15-7-6-14-27(28)42-33/h3-18,20H,2,21,40H2,1H3. The number of amides is 1. The molecule has 1 atom stereocenters. The molecule has 2 aliphatic heterocycles. The molecule has 11 heteroatoms. The summed E-state index contributed by atoms with van der Waals surface area (Å²) < 4.78 is 13.9. The van der Waals surface area contributed by atoms with E-state index in [0.717, 1.165) is 5.39 Å². The van der Waals surface area contributed by atoms with Gasteiger partial charge in [-0.25, -0.2) is 14.6 Å². The minimum absolute atomic E-state index is 0.0141. The first-order valence-electron chi connectivity index (χ1n) is 15.8. The van der Waals surface area contributed by atoms with Crippen molar-refractivity contribution in [3.63, 3.8) is 0 Å². The predicted octanol–water partition coefficient (Wildman–Crippen LogP) is 5.83. The molecule has 9 rings (SSSR count). The number of nitriles is 1. The van der Waals surface area contributed by atoms with Crippen LogP contribution in [0.2, 0.25) is 0 Å². The van der Waals surface area contributed by atoms with Crippen molar-refractivity contribution < 1.29 is 14.3 Å². The number of rotatable bonds is 5. The Kier molecular flexibility index (Phi) is 6.16. The lowest BCUT2D eigenvalue weighted by Crippen LogP contribution is -2.46. The van der Waals surface area contributed by atoms with Crippen molar-refractivity contribution in [2.24, 2.45) is 5.73 Å². The molecule has 0 fully saturated rings. The van der Waals surface area contributed by atoms with Crippen molar-refractivity contribution in [3.05, 3.63) is 132 Å². The topological polar surface area (TPSA) is 145 Å². The molecule has 4 heterocycles. The lowest BCUT2D eigenvalue weighted by atomic mass is 9.67. The highest BCUT2D eigenvalue weighted by molar-refractivity contribution is 6.20. The van der Waals surface area contributed by atoms with E-state index in [1.54, 1.807) is 15.8 Å². The molecule has 11 nitrogen and oxygen atoms in total. The number of benzene rings is 5. The molecule has 236 valence electrons. The number of hydrogen-bond donors (Lipinski definition) is 1. The van der Waals surface area contributed by atoms with Crippen LogP contribution < -0.4 is 20.1 Å². The average Bonchev–Trinajstić information content (AvgIpc) is 3.69. The van der Waals surface area contributed by atoms with Crippen molar-refractivity contribution in [2.45, 2.75) is 18.9 Å². The fourth-order valence-corrected chi connectivity index (χ4v) is 7.29. The van der Waals surface area contributed by atoms with Gasteiger partial charge in [0.05, 0.1) is 47.1 Å². The molecule has 2 aromatic heterocycles. The zero-order chi connectivity index (χ0) is 33.3. The number of fused-ring (bicyclic) bond motifs is 10. The molecular weight excluding hydrogens is 616 g/mol. The molecule has 0 radical (unpaired) electrons. The fourth-order valence-electron chi connectivity index (χ4n) is 7.29. The highest BCUT2D eigenvalue weighted by Gasteiger charge is 2.60. The summed E-state index contributed by atoms with van der Waals surface area (Å²) in [4.78, 5) is 27.3. The van der Waals surface area contributed by atoms with Crippen LogP contribution in [-0.2, 0) is 16.8 Å². The molecule has 7 aromatic rings. The summed E-state index contributed by atoms with van der Waals surface area (Å²) in [5.74, 6) is 0.476. The highest BCUT2D eigenvalue weighted by Crippen LogP contribution is 2.58. The van der Waals surface area contributed by atoms with Crippen molar-refractivity contribution in [2.75, 3.05) is 11.5 Å². The van der Waals surface area contributed by atoms with Gasteiger partial charge in [-0.3, -0.25) is 4.79 Å². The number of carbonyl (C=O) groups is 1. The largest absolute Gasteiger partial charge is 0.492 e. The van der Waals surface area contributed by atoms with Crippen molar-refractivity contribution in [1.29, 1.82) is 5.26 Å². The fraction of sp³-hybridized carbons (Fsp3) is 0.105. The monoisotopic (exact) mass is 642 g/mol. The number of para-hydroxylation sites is 5. The van der Waals surface area contributed by atoms with Crippen LogP contribution in [0.4, 0.5) is 5.69 Å². The van der Waals surface area contributed by atoms with Gasteiger partial charge in [0, 0.05) is 27.6 Å². The number of carbonyl (C=O) groups excluding carboxylic acids is 1. The maximum atomic E-state index is 15.5. The number of nitrogens with two attached hydrogens (primary N) is 1. The van der Waals surface area contributed by atoms with Gasteiger partial charge in [-0.05, 0) is 37.3 Å². The van der Waals surface area contributed by atoms with Gasteiger partial charge >= 0.3 is 0 Å². The molecule has 2 aliphatic rings. The Balaban J connectivity index is 1.33. The Morgan fingerprint density at radius 1 is 0.878 bits per heavy atom. The Morgan fingerprint density at radius 3 is 2.33 bits per heavy atom. The third-order valence-corrected chi connectivity index (χ3v) is 9.28. The van der Waals surface area contributed by atoms with Gasteiger partial charge in [0.25, 0.3) is 0 Å². The number of aromatic nitrogens is 5. The van der Waals surface area contributed by atoms with Crippen LogP contribution in [0.5, 0.6) is 11.5 Å². The van der Waals surface area contributed by atoms with Crippen LogP contribution in [0.3, 0.4) is 0 Å². The second kappa shape index (κ2) is 10.6. The molecule has 0 saturated heterocycles. The molecule has 0 bridgehead atoms. The van der Waals surface area contributed by atoms with E-state index in [1.807, 2.05) is 104 Å². The van der Waals surface area contributed by atoms with E-state index in [9.17, 15) is 5.26 Å². The predicted molar refractivity (Wildman–Crippen MR) is 183 cm³/mol. The van der Waals surface area contributed by atoms with Gasteiger partial charge in [-0.15, -0.1) is 5.10 Å². The van der Waals surface area contributed by atoms with E-state index in [1.165, 1.54) is 0 Å². The van der Waals surface area contributed by atoms with Gasteiger partial charge in [-0.1, -0.05) is 71.9 Å². The summed E-state index contributed by atoms with van der Waals surface area (Å²) in [5, 5.41) is 20.9. The summed E-state index contributed by atoms with van der Waals surface area (Å²) in [7, 11) is 0. The summed E-state index contributed by atoms with van der Waals surface area (Å²) in [6.07, 6.45) is 1.62.